The molecule has 5 aromatic carbocycles. The van der Waals surface area contributed by atoms with Crippen LogP contribution in [0.1, 0.15) is 63.0 Å². The first-order chi connectivity index (χ1) is 24.5. The van der Waals surface area contributed by atoms with Crippen molar-refractivity contribution in [2.24, 2.45) is 0 Å². The first-order valence-electron chi connectivity index (χ1n) is 18.0. The van der Waals surface area contributed by atoms with Gasteiger partial charge in [-0.15, -0.1) is 0 Å². The van der Waals surface area contributed by atoms with E-state index in [9.17, 15) is 9.90 Å². The molecule has 0 bridgehead atoms. The third-order valence-corrected chi connectivity index (χ3v) is 9.97. The SMILES string of the molecule is CCOC(Cc1ccc(OCCN(C)C2c3cc(CCc4ccccc4)ccc3CCc3c(CCc4ccccc4)cccc32)cc1)C(=O)O. The summed E-state index contributed by atoms with van der Waals surface area (Å²) < 4.78 is 11.7. The number of likely N-dealkylation sites (N-methyl/N-ethyl adjacent to an activating group) is 1. The Morgan fingerprint density at radius 2 is 1.40 bits per heavy atom. The number of carbonyl (C=O) groups is 1. The minimum Gasteiger partial charge on any atom is -0.492 e. The van der Waals surface area contributed by atoms with Crippen LogP contribution in [0.4, 0.5) is 0 Å². The smallest absolute Gasteiger partial charge is 0.333 e. The Morgan fingerprint density at radius 3 is 2.08 bits per heavy atom. The van der Waals surface area contributed by atoms with Crippen LogP contribution in [0.25, 0.3) is 0 Å². The van der Waals surface area contributed by atoms with Gasteiger partial charge in [-0.3, -0.25) is 4.90 Å². The third kappa shape index (κ3) is 9.09. The van der Waals surface area contributed by atoms with Crippen LogP contribution in [-0.4, -0.2) is 48.9 Å². The van der Waals surface area contributed by atoms with E-state index in [0.29, 0.717) is 19.6 Å². The number of carboxylic acids is 1. The first kappa shape index (κ1) is 35.1. The molecule has 0 fully saturated rings. The molecule has 1 aliphatic rings. The molecule has 0 radical (unpaired) electrons. The van der Waals surface area contributed by atoms with Crippen LogP contribution in [-0.2, 0) is 54.5 Å². The summed E-state index contributed by atoms with van der Waals surface area (Å²) in [4.78, 5) is 14.0. The van der Waals surface area contributed by atoms with E-state index in [1.807, 2.05) is 31.2 Å². The van der Waals surface area contributed by atoms with Crippen molar-refractivity contribution in [3.63, 3.8) is 0 Å². The van der Waals surface area contributed by atoms with Crippen LogP contribution in [0.15, 0.2) is 121 Å². The van der Waals surface area contributed by atoms with Crippen molar-refractivity contribution >= 4 is 5.97 Å². The van der Waals surface area contributed by atoms with Crippen LogP contribution in [0.5, 0.6) is 5.75 Å². The molecule has 1 N–H and O–H groups in total. The third-order valence-electron chi connectivity index (χ3n) is 9.97. The Morgan fingerprint density at radius 1 is 0.740 bits per heavy atom. The summed E-state index contributed by atoms with van der Waals surface area (Å²) in [6.45, 7) is 3.46. The zero-order valence-electron chi connectivity index (χ0n) is 29.4. The molecule has 6 rings (SSSR count). The van der Waals surface area contributed by atoms with Gasteiger partial charge >= 0.3 is 5.97 Å². The van der Waals surface area contributed by atoms with E-state index in [0.717, 1.165) is 56.4 Å². The minimum absolute atomic E-state index is 0.119. The van der Waals surface area contributed by atoms with Crippen LogP contribution < -0.4 is 4.74 Å². The van der Waals surface area contributed by atoms with Crippen molar-refractivity contribution in [3.8, 4) is 5.75 Å². The molecule has 5 aromatic rings. The van der Waals surface area contributed by atoms with Crippen molar-refractivity contribution in [2.75, 3.05) is 26.8 Å². The second kappa shape index (κ2) is 17.3. The van der Waals surface area contributed by atoms with Gasteiger partial charge in [-0.2, -0.15) is 0 Å². The number of aryl methyl sites for hydroxylation is 5. The number of rotatable bonds is 16. The summed E-state index contributed by atoms with van der Waals surface area (Å²) in [5.41, 5.74) is 12.2. The number of nitrogens with zero attached hydrogens (tertiary/aromatic N) is 1. The fourth-order valence-corrected chi connectivity index (χ4v) is 7.28. The molecule has 0 aromatic heterocycles. The Labute approximate surface area is 297 Å². The zero-order chi connectivity index (χ0) is 34.7. The molecular formula is C45H49NO4. The quantitative estimate of drug-likeness (QED) is 0.114. The van der Waals surface area contributed by atoms with Crippen LogP contribution >= 0.6 is 0 Å². The summed E-state index contributed by atoms with van der Waals surface area (Å²) in [6.07, 6.45) is 5.64. The Hall–Kier alpha value is -4.71. The topological polar surface area (TPSA) is 59.0 Å². The van der Waals surface area contributed by atoms with Gasteiger partial charge < -0.3 is 14.6 Å². The van der Waals surface area contributed by atoms with Gasteiger partial charge in [-0.1, -0.05) is 109 Å². The molecule has 0 saturated carbocycles. The van der Waals surface area contributed by atoms with Gasteiger partial charge in [0.05, 0.1) is 6.04 Å². The highest BCUT2D eigenvalue weighted by atomic mass is 16.5. The highest BCUT2D eigenvalue weighted by Crippen LogP contribution is 2.38. The van der Waals surface area contributed by atoms with E-state index in [4.69, 9.17) is 9.47 Å². The number of fused-ring (bicyclic) bond motifs is 2. The van der Waals surface area contributed by atoms with Crippen molar-refractivity contribution in [2.45, 2.75) is 64.0 Å². The van der Waals surface area contributed by atoms with Crippen molar-refractivity contribution in [1.29, 1.82) is 0 Å². The summed E-state index contributed by atoms with van der Waals surface area (Å²) >= 11 is 0. The number of ether oxygens (including phenoxy) is 2. The van der Waals surface area contributed by atoms with Gasteiger partial charge in [0.1, 0.15) is 12.4 Å². The molecular weight excluding hydrogens is 618 g/mol. The fraction of sp³-hybridized carbons (Fsp3) is 0.311. The minimum atomic E-state index is -0.941. The molecule has 5 heteroatoms. The summed E-state index contributed by atoms with van der Waals surface area (Å²) in [6, 6.07) is 43.5. The van der Waals surface area contributed by atoms with Gasteiger partial charge in [0, 0.05) is 19.6 Å². The molecule has 0 amide bonds. The maximum Gasteiger partial charge on any atom is 0.333 e. The summed E-state index contributed by atoms with van der Waals surface area (Å²) in [5, 5.41) is 9.46. The molecule has 1 aliphatic carbocycles. The monoisotopic (exact) mass is 667 g/mol. The van der Waals surface area contributed by atoms with Crippen molar-refractivity contribution < 1.29 is 19.4 Å². The van der Waals surface area contributed by atoms with Gasteiger partial charge in [0.2, 0.25) is 0 Å². The lowest BCUT2D eigenvalue weighted by Gasteiger charge is -2.31. The number of hydrogen-bond acceptors (Lipinski definition) is 4. The highest BCUT2D eigenvalue weighted by molar-refractivity contribution is 5.72. The lowest BCUT2D eigenvalue weighted by molar-refractivity contribution is -0.149. The number of benzene rings is 5. The Kier molecular flexibility index (Phi) is 12.1. The van der Waals surface area contributed by atoms with E-state index < -0.39 is 12.1 Å². The standard InChI is InChI=1S/C45H49NO4/c1-3-49-43(45(47)48)32-36-21-26-39(27-22-36)50-30-29-46(2)44-41-16-10-15-37(23-19-34-13-8-5-9-14-34)40(41)28-25-38-24-20-35(31-42(38)44)18-17-33-11-6-4-7-12-33/h4-16,20-22,24,26-27,31,43-44H,3,17-19,23,25,28-30,32H2,1-2H3,(H,47,48). The lowest BCUT2D eigenvalue weighted by atomic mass is 9.88. The molecule has 5 nitrogen and oxygen atoms in total. The molecule has 0 spiro atoms. The number of hydrogen-bond donors (Lipinski definition) is 1. The largest absolute Gasteiger partial charge is 0.492 e. The van der Waals surface area contributed by atoms with E-state index in [1.165, 1.54) is 44.5 Å². The Balaban J connectivity index is 1.21. The van der Waals surface area contributed by atoms with Gasteiger partial charge in [-0.05, 0) is 115 Å². The summed E-state index contributed by atoms with van der Waals surface area (Å²) in [5.74, 6) is -0.165. The molecule has 0 saturated heterocycles. The molecule has 0 heterocycles. The predicted molar refractivity (Wildman–Crippen MR) is 201 cm³/mol. The average molecular weight is 668 g/mol. The molecule has 0 aliphatic heterocycles. The van der Waals surface area contributed by atoms with E-state index >= 15 is 0 Å². The molecule has 2 unspecified atom stereocenters. The van der Waals surface area contributed by atoms with Crippen LogP contribution in [0.2, 0.25) is 0 Å². The summed E-state index contributed by atoms with van der Waals surface area (Å²) in [7, 11) is 2.23. The fourth-order valence-electron chi connectivity index (χ4n) is 7.28. The number of aliphatic carboxylic acids is 1. The van der Waals surface area contributed by atoms with Gasteiger partial charge in [-0.25, -0.2) is 4.79 Å². The Bertz CT molecular complexity index is 1820. The maximum atomic E-state index is 11.5. The normalized spacial score (nSPS) is 14.4. The number of carboxylic acid groups (broad SMARTS) is 1. The average Bonchev–Trinajstić information content (AvgIpc) is 3.31. The maximum absolute atomic E-state index is 11.5. The first-order valence-corrected chi connectivity index (χ1v) is 18.0. The highest BCUT2D eigenvalue weighted by Gasteiger charge is 2.28. The molecule has 2 atom stereocenters. The van der Waals surface area contributed by atoms with E-state index in [-0.39, 0.29) is 6.04 Å². The predicted octanol–water partition coefficient (Wildman–Crippen LogP) is 8.49. The second-order valence-electron chi connectivity index (χ2n) is 13.4. The zero-order valence-corrected chi connectivity index (χ0v) is 29.4. The van der Waals surface area contributed by atoms with Crippen molar-refractivity contribution in [1.82, 2.24) is 4.90 Å². The molecule has 50 heavy (non-hydrogen) atoms. The van der Waals surface area contributed by atoms with Crippen LogP contribution in [0.3, 0.4) is 0 Å². The molecule has 258 valence electrons. The second-order valence-corrected chi connectivity index (χ2v) is 13.4. The van der Waals surface area contributed by atoms with Crippen molar-refractivity contribution in [3.05, 3.63) is 171 Å². The van der Waals surface area contributed by atoms with Gasteiger partial charge in [0.25, 0.3) is 0 Å². The van der Waals surface area contributed by atoms with Crippen LogP contribution in [0, 0.1) is 0 Å². The van der Waals surface area contributed by atoms with E-state index in [2.05, 4.69) is 109 Å². The lowest BCUT2D eigenvalue weighted by Crippen LogP contribution is -2.30. The van der Waals surface area contributed by atoms with Gasteiger partial charge in [0.15, 0.2) is 6.10 Å². The van der Waals surface area contributed by atoms with E-state index in [1.54, 1.807) is 0 Å².